The maximum Gasteiger partial charge on any atom is 0.410 e. The van der Waals surface area contributed by atoms with Crippen molar-refractivity contribution in [3.05, 3.63) is 275 Å². The van der Waals surface area contributed by atoms with Crippen LogP contribution in [0.25, 0.3) is 0 Å². The van der Waals surface area contributed by atoms with Crippen LogP contribution >= 0.6 is 34.8 Å². The second-order valence-electron chi connectivity index (χ2n) is 24.9. The monoisotopic (exact) mass is 1460 g/mol. The Labute approximate surface area is 615 Å². The Balaban J connectivity index is 0.000000252. The first-order chi connectivity index (χ1) is 49.2. The lowest BCUT2D eigenvalue weighted by molar-refractivity contribution is 0.0358. The van der Waals surface area contributed by atoms with E-state index in [1.54, 1.807) is 58.2 Å². The summed E-state index contributed by atoms with van der Waals surface area (Å²) in [4.78, 5) is 79.0. The number of para-hydroxylation sites is 2. The molecule has 0 unspecified atom stereocenters. The quantitative estimate of drug-likeness (QED) is 0.0495. The molecule has 4 N–H and O–H groups in total. The normalized spacial score (nSPS) is 14.5. The van der Waals surface area contributed by atoms with E-state index in [2.05, 4.69) is 24.2 Å². The standard InChI is InChI=1S/C27H28N2O4.C24H30N2O4.C19H22N2O2.C8H7ClO2.CH2Cl2.CH4.FH/c1-32-24-15-9-8-14-23(24)25(30)28-27(22-12-6-3-7-13-22)16-18-29(19-17-27)26(31)33-20-21-10-4-2-5-11-21;1-23(2,3)30-21(27)25-24(20-12-8-5-9-13-20)14-16-26(17-15-24)22(28)29-18-19-10-6-4-7-11-19;20-19(17-9-5-2-6-10-17)11-13-21(14-12-19)18(22)23-15-16-7-3-1-4-8-16;1-11-7-5-3-2-4-6(7)8(9)10;2-1-3;;/h2-15H,16-20H2,1H3,(H,28,30);4-13H,14-18H2,1-3H3,(H,25,27);1-10H,11-15,20H2;2-5H,1H3;1H2;1H4;1H/i/hT. The van der Waals surface area contributed by atoms with Gasteiger partial charge in [0.2, 0.25) is 0 Å². The molecule has 0 aliphatic carbocycles. The molecule has 0 atom stereocenters. The third kappa shape index (κ3) is 25.4. The fourth-order valence-corrected chi connectivity index (χ4v) is 11.8. The fraction of sp³-hybridized carbons (Fsp3) is 0.325. The molecule has 3 fully saturated rings. The van der Waals surface area contributed by atoms with E-state index < -0.39 is 28.0 Å². The Hall–Kier alpha value is -9.66. The Morgan fingerprint density at radius 1 is 0.451 bits per heavy atom. The Kier molecular flexibility index (Phi) is 33.4. The maximum atomic E-state index is 13.2. The molecule has 0 radical (unpaired) electrons. The van der Waals surface area contributed by atoms with E-state index in [1.807, 2.05) is 203 Å². The third-order valence-corrected chi connectivity index (χ3v) is 17.2. The van der Waals surface area contributed by atoms with Crippen LogP contribution in [0.15, 0.2) is 231 Å². The number of nitrogens with two attached hydrogens (primary N) is 1. The number of nitrogens with one attached hydrogen (secondary N) is 2. The second kappa shape index (κ2) is 41.9. The average molecular weight is 1460 g/mol. The fourth-order valence-electron chi connectivity index (χ4n) is 11.6. The molecule has 3 heterocycles. The Bertz CT molecular complexity index is 3820. The molecule has 0 saturated carbocycles. The van der Waals surface area contributed by atoms with Crippen LogP contribution in [0.3, 0.4) is 0 Å². The van der Waals surface area contributed by atoms with Gasteiger partial charge in [-0.1, -0.05) is 214 Å². The molecule has 22 heteroatoms. The molecule has 3 saturated heterocycles. The van der Waals surface area contributed by atoms with E-state index in [-0.39, 0.29) is 55.7 Å². The van der Waals surface area contributed by atoms with Gasteiger partial charge in [0.1, 0.15) is 36.9 Å². The molecule has 3 aliphatic heterocycles. The summed E-state index contributed by atoms with van der Waals surface area (Å²) in [5.74, 6) is 0.837. The van der Waals surface area contributed by atoms with Crippen molar-refractivity contribution in [1.82, 2.24) is 25.3 Å². The predicted molar refractivity (Wildman–Crippen MR) is 400 cm³/mol. The van der Waals surface area contributed by atoms with Crippen molar-refractivity contribution in [2.24, 2.45) is 5.73 Å². The van der Waals surface area contributed by atoms with Gasteiger partial charge in [-0.05, 0) is 129 Å². The van der Waals surface area contributed by atoms with Gasteiger partial charge in [0.15, 0.2) is 0 Å². The number of carbonyl (C=O) groups is 6. The smallest absolute Gasteiger partial charge is 0.410 e. The summed E-state index contributed by atoms with van der Waals surface area (Å²) in [6.45, 7) is 9.49. The number of amides is 5. The number of likely N-dealkylation sites (tertiary alicyclic amines) is 3. The lowest BCUT2D eigenvalue weighted by Gasteiger charge is -2.42. The highest BCUT2D eigenvalue weighted by Crippen LogP contribution is 2.37. The summed E-state index contributed by atoms with van der Waals surface area (Å²) in [6, 6.07) is 72.8. The Morgan fingerprint density at radius 2 is 0.735 bits per heavy atom. The van der Waals surface area contributed by atoms with Crippen LogP contribution in [-0.2, 0) is 55.4 Å². The van der Waals surface area contributed by atoms with Gasteiger partial charge in [-0.15, -0.1) is 23.2 Å². The highest BCUT2D eigenvalue weighted by molar-refractivity contribution is 6.68. The second-order valence-corrected chi connectivity index (χ2v) is 26.0. The number of hydrogen-bond acceptors (Lipinski definition) is 13. The molecular weight excluding hydrogens is 1360 g/mol. The summed E-state index contributed by atoms with van der Waals surface area (Å²) in [5, 5.41) is 6.04. The molecule has 5 amide bonds. The number of rotatable bonds is 15. The zero-order chi connectivity index (χ0) is 73.8. The number of carbonyl (C=O) groups excluding carboxylic acids is 6. The van der Waals surface area contributed by atoms with E-state index >= 15 is 0 Å². The first kappa shape index (κ1) is 81.3. The average Bonchev–Trinajstić information content (AvgIpc) is 0.817. The minimum absolute atomic E-state index is 0. The molecule has 8 aromatic rings. The number of nitrogens with zero attached hydrogens (tertiary/aromatic N) is 3. The van der Waals surface area contributed by atoms with Crippen molar-refractivity contribution >= 4 is 70.3 Å². The minimum atomic E-state index is -0.588. The molecule has 8 aromatic carbocycles. The summed E-state index contributed by atoms with van der Waals surface area (Å²) in [6.07, 6.45) is 2.43. The molecule has 18 nitrogen and oxygen atoms in total. The van der Waals surface area contributed by atoms with Gasteiger partial charge in [-0.3, -0.25) is 14.3 Å². The zero-order valence-electron chi connectivity index (χ0n) is 58.6. The topological polar surface area (TPSA) is 218 Å². The summed E-state index contributed by atoms with van der Waals surface area (Å²) in [5.41, 5.74) is 11.4. The van der Waals surface area contributed by atoms with Gasteiger partial charge in [-0.25, -0.2) is 19.2 Å². The number of ether oxygens (including phenoxy) is 6. The highest BCUT2D eigenvalue weighted by Gasteiger charge is 2.42. The van der Waals surface area contributed by atoms with Crippen LogP contribution in [0, 0.1) is 0 Å². The van der Waals surface area contributed by atoms with Gasteiger partial charge < -0.3 is 59.5 Å². The van der Waals surface area contributed by atoms with Gasteiger partial charge in [0, 0.05) is 44.8 Å². The number of methoxy groups -OCH3 is 2. The van der Waals surface area contributed by atoms with Crippen molar-refractivity contribution in [2.75, 3.05) is 58.8 Å². The first-order valence-electron chi connectivity index (χ1n) is 33.3. The molecular formula is C80H94Cl3FN6O12. The number of benzene rings is 8. The zero-order valence-corrected chi connectivity index (χ0v) is 59.9. The molecule has 544 valence electrons. The van der Waals surface area contributed by atoms with Crippen molar-refractivity contribution in [3.63, 3.8) is 0 Å². The third-order valence-electron chi connectivity index (χ3n) is 17.0. The van der Waals surface area contributed by atoms with Crippen molar-refractivity contribution in [2.45, 2.75) is 109 Å². The van der Waals surface area contributed by atoms with Gasteiger partial charge in [0.25, 0.3) is 12.6 Å². The molecule has 11 rings (SSSR count). The molecule has 102 heavy (non-hydrogen) atoms. The van der Waals surface area contributed by atoms with E-state index in [4.69, 9.17) is 73.7 Å². The number of alkyl halides is 2. The van der Waals surface area contributed by atoms with E-state index in [9.17, 15) is 28.8 Å². The summed E-state index contributed by atoms with van der Waals surface area (Å²) < 4.78 is 45.1. The van der Waals surface area contributed by atoms with Crippen molar-refractivity contribution in [1.29, 1.82) is 1.45 Å². The van der Waals surface area contributed by atoms with E-state index in [0.717, 1.165) is 46.2 Å². The van der Waals surface area contributed by atoms with Gasteiger partial charge in [0.05, 0.1) is 41.8 Å². The first-order valence-corrected chi connectivity index (χ1v) is 34.4. The molecule has 3 aliphatic rings. The highest BCUT2D eigenvalue weighted by atomic mass is 35.5. The van der Waals surface area contributed by atoms with Crippen molar-refractivity contribution < 1.29 is 61.9 Å². The number of alkyl carbamates (subject to hydrolysis) is 1. The number of hydrogen-bond donors (Lipinski definition) is 3. The summed E-state index contributed by atoms with van der Waals surface area (Å²) >= 11 is 14.8. The van der Waals surface area contributed by atoms with Crippen LogP contribution < -0.4 is 25.8 Å². The minimum Gasteiger partial charge on any atom is -0.496 e. The number of halogens is 4. The van der Waals surface area contributed by atoms with Crippen LogP contribution in [0.5, 0.6) is 11.5 Å². The van der Waals surface area contributed by atoms with E-state index in [1.165, 1.54) is 7.11 Å². The molecule has 0 spiro atoms. The maximum absolute atomic E-state index is 13.2. The number of piperidine rings is 3. The SMILES string of the molecule is C.CC(C)(C)OC(=O)NC1(c2ccccc2)CCN(C(=O)OCc2ccccc2)CC1.COc1ccccc1C(=O)Cl.COc1ccccc1C(=O)NC1(c2ccccc2)CCN(C(=O)OCc2ccccc2)CC1.ClCCl.NC1(c2ccccc2)CCN(C(=O)OCc2ccccc2)CC1.[3H]F. The van der Waals surface area contributed by atoms with Crippen LogP contribution in [0.2, 0.25) is 0 Å². The van der Waals surface area contributed by atoms with Crippen LogP contribution in [0.4, 0.5) is 23.9 Å². The Morgan fingerprint density at radius 3 is 1.06 bits per heavy atom. The summed E-state index contributed by atoms with van der Waals surface area (Å²) in [7, 11) is 3.05. The van der Waals surface area contributed by atoms with Gasteiger partial charge in [-0.2, -0.15) is 0 Å². The van der Waals surface area contributed by atoms with E-state index in [0.29, 0.717) is 94.2 Å². The lowest BCUT2D eigenvalue weighted by Crippen LogP contribution is -2.54. The van der Waals surface area contributed by atoms with Crippen molar-refractivity contribution in [3.8, 4) is 11.5 Å². The van der Waals surface area contributed by atoms with Crippen LogP contribution in [-0.4, -0.2) is 116 Å². The molecule has 0 bridgehead atoms. The molecule has 0 aromatic heterocycles. The van der Waals surface area contributed by atoms with Gasteiger partial charge >= 0.3 is 24.4 Å². The lowest BCUT2D eigenvalue weighted by atomic mass is 9.80. The predicted octanol–water partition coefficient (Wildman–Crippen LogP) is 17.1. The van der Waals surface area contributed by atoms with Crippen LogP contribution in [0.1, 0.15) is 121 Å². The largest absolute Gasteiger partial charge is 0.496 e.